The molecule has 0 unspecified atom stereocenters. The van der Waals surface area contributed by atoms with Crippen molar-refractivity contribution in [1.29, 1.82) is 0 Å². The van der Waals surface area contributed by atoms with E-state index in [2.05, 4.69) is 57.3 Å². The number of imidazole rings is 1. The van der Waals surface area contributed by atoms with Gasteiger partial charge in [-0.2, -0.15) is 0 Å². The van der Waals surface area contributed by atoms with Gasteiger partial charge in [0.15, 0.2) is 0 Å². The predicted molar refractivity (Wildman–Crippen MR) is 115 cm³/mol. The van der Waals surface area contributed by atoms with Crippen molar-refractivity contribution >= 4 is 16.9 Å². The van der Waals surface area contributed by atoms with Crippen LogP contribution in [0.15, 0.2) is 79.1 Å². The molecule has 0 saturated heterocycles. The lowest BCUT2D eigenvalue weighted by Crippen LogP contribution is -2.25. The molecule has 0 aliphatic rings. The van der Waals surface area contributed by atoms with E-state index in [1.807, 2.05) is 12.1 Å². The molecule has 1 N–H and O–H groups in total. The summed E-state index contributed by atoms with van der Waals surface area (Å²) >= 11 is 0. The van der Waals surface area contributed by atoms with Crippen LogP contribution in [0.3, 0.4) is 0 Å². The van der Waals surface area contributed by atoms with Gasteiger partial charge in [0.05, 0.1) is 16.6 Å². The zero-order valence-electron chi connectivity index (χ0n) is 16.3. The molecule has 4 rings (SSSR count). The molecule has 5 nitrogen and oxygen atoms in total. The number of para-hydroxylation sites is 2. The van der Waals surface area contributed by atoms with E-state index < -0.39 is 0 Å². The Morgan fingerprint density at radius 2 is 1.76 bits per heavy atom. The number of amides is 1. The van der Waals surface area contributed by atoms with Gasteiger partial charge in [0.1, 0.15) is 5.82 Å². The second-order valence-corrected chi connectivity index (χ2v) is 7.01. The van der Waals surface area contributed by atoms with E-state index in [-0.39, 0.29) is 5.91 Å². The first-order valence-electron chi connectivity index (χ1n) is 9.97. The van der Waals surface area contributed by atoms with Crippen molar-refractivity contribution in [2.24, 2.45) is 0 Å². The van der Waals surface area contributed by atoms with Crippen LogP contribution in [-0.2, 0) is 19.4 Å². The number of carbonyl (C=O) groups excluding carboxylic acids is 1. The number of carbonyl (C=O) groups is 1. The number of fused-ring (bicyclic) bond motifs is 1. The molecule has 0 spiro atoms. The van der Waals surface area contributed by atoms with Crippen molar-refractivity contribution in [3.05, 3.63) is 96.1 Å². The quantitative estimate of drug-likeness (QED) is 0.467. The molecule has 2 aromatic heterocycles. The summed E-state index contributed by atoms with van der Waals surface area (Å²) in [5, 5.41) is 2.96. The third-order valence-corrected chi connectivity index (χ3v) is 4.99. The maximum absolute atomic E-state index is 12.2. The third kappa shape index (κ3) is 4.69. The summed E-state index contributed by atoms with van der Waals surface area (Å²) < 4.78 is 2.31. The summed E-state index contributed by atoms with van der Waals surface area (Å²) in [6.45, 7) is 1.50. The molecule has 2 heterocycles. The minimum atomic E-state index is -0.0873. The minimum absolute atomic E-state index is 0.0873. The Balaban J connectivity index is 1.40. The molecule has 1 amide bonds. The van der Waals surface area contributed by atoms with Crippen molar-refractivity contribution in [1.82, 2.24) is 19.9 Å². The van der Waals surface area contributed by atoms with E-state index in [4.69, 9.17) is 4.98 Å². The van der Waals surface area contributed by atoms with Crippen LogP contribution < -0.4 is 5.32 Å². The van der Waals surface area contributed by atoms with Gasteiger partial charge >= 0.3 is 0 Å². The van der Waals surface area contributed by atoms with Gasteiger partial charge in [-0.25, -0.2) is 4.98 Å². The maximum atomic E-state index is 12.2. The van der Waals surface area contributed by atoms with Gasteiger partial charge in [-0.1, -0.05) is 42.5 Å². The highest BCUT2D eigenvalue weighted by atomic mass is 16.1. The molecule has 0 aliphatic carbocycles. The molecule has 0 fully saturated rings. The standard InChI is InChI=1S/C24H24N4O/c29-24(20-10-6-15-25-18-20)26-16-7-13-23-27-21-11-4-5-12-22(21)28(23)17-14-19-8-2-1-3-9-19/h1-6,8-12,15,18H,7,13-14,16-17H2,(H,26,29). The van der Waals surface area contributed by atoms with E-state index in [0.29, 0.717) is 12.1 Å². The van der Waals surface area contributed by atoms with Gasteiger partial charge < -0.3 is 9.88 Å². The first kappa shape index (κ1) is 18.9. The van der Waals surface area contributed by atoms with Crippen LogP contribution >= 0.6 is 0 Å². The molecule has 29 heavy (non-hydrogen) atoms. The Hall–Kier alpha value is -3.47. The second kappa shape index (κ2) is 9.15. The van der Waals surface area contributed by atoms with Crippen LogP contribution in [0.25, 0.3) is 11.0 Å². The Kier molecular flexibility index (Phi) is 5.95. The Morgan fingerprint density at radius 1 is 0.931 bits per heavy atom. The SMILES string of the molecule is O=C(NCCCc1nc2ccccc2n1CCc1ccccc1)c1cccnc1. The zero-order chi connectivity index (χ0) is 19.9. The maximum Gasteiger partial charge on any atom is 0.252 e. The smallest absolute Gasteiger partial charge is 0.252 e. The Bertz CT molecular complexity index is 1070. The molecular weight excluding hydrogens is 360 g/mol. The average Bonchev–Trinajstić information content (AvgIpc) is 3.14. The molecule has 0 aliphatic heterocycles. The summed E-state index contributed by atoms with van der Waals surface area (Å²) in [5.74, 6) is 0.980. The molecule has 146 valence electrons. The van der Waals surface area contributed by atoms with Crippen molar-refractivity contribution in [2.75, 3.05) is 6.54 Å². The molecular formula is C24H24N4O. The van der Waals surface area contributed by atoms with Gasteiger partial charge in [-0.15, -0.1) is 0 Å². The number of pyridine rings is 1. The second-order valence-electron chi connectivity index (χ2n) is 7.01. The van der Waals surface area contributed by atoms with Crippen LogP contribution in [0.2, 0.25) is 0 Å². The van der Waals surface area contributed by atoms with Gasteiger partial charge in [0, 0.05) is 31.9 Å². The van der Waals surface area contributed by atoms with Crippen molar-refractivity contribution < 1.29 is 4.79 Å². The number of aromatic nitrogens is 3. The fraction of sp³-hybridized carbons (Fsp3) is 0.208. The number of hydrogen-bond donors (Lipinski definition) is 1. The van der Waals surface area contributed by atoms with Gasteiger partial charge in [-0.3, -0.25) is 9.78 Å². The van der Waals surface area contributed by atoms with E-state index in [9.17, 15) is 4.79 Å². The van der Waals surface area contributed by atoms with Crippen LogP contribution in [0, 0.1) is 0 Å². The molecule has 0 atom stereocenters. The first-order valence-corrected chi connectivity index (χ1v) is 9.97. The lowest BCUT2D eigenvalue weighted by atomic mass is 10.1. The van der Waals surface area contributed by atoms with Gasteiger partial charge in [-0.05, 0) is 42.7 Å². The van der Waals surface area contributed by atoms with Crippen LogP contribution in [0.1, 0.15) is 28.2 Å². The molecule has 5 heteroatoms. The van der Waals surface area contributed by atoms with E-state index in [1.54, 1.807) is 24.5 Å². The fourth-order valence-electron chi connectivity index (χ4n) is 3.50. The largest absolute Gasteiger partial charge is 0.352 e. The molecule has 0 bridgehead atoms. The van der Waals surface area contributed by atoms with Crippen LogP contribution in [-0.4, -0.2) is 27.0 Å². The Morgan fingerprint density at radius 3 is 2.59 bits per heavy atom. The third-order valence-electron chi connectivity index (χ3n) is 4.99. The monoisotopic (exact) mass is 384 g/mol. The van der Waals surface area contributed by atoms with Crippen LogP contribution in [0.5, 0.6) is 0 Å². The Labute approximate surface area is 170 Å². The van der Waals surface area contributed by atoms with E-state index in [1.165, 1.54) is 5.56 Å². The lowest BCUT2D eigenvalue weighted by Gasteiger charge is -2.10. The first-order chi connectivity index (χ1) is 14.3. The summed E-state index contributed by atoms with van der Waals surface area (Å²) in [7, 11) is 0. The summed E-state index contributed by atoms with van der Waals surface area (Å²) in [6.07, 6.45) is 5.86. The number of hydrogen-bond acceptors (Lipinski definition) is 3. The number of nitrogens with one attached hydrogen (secondary N) is 1. The van der Waals surface area contributed by atoms with Gasteiger partial charge in [0.25, 0.3) is 5.91 Å². The lowest BCUT2D eigenvalue weighted by molar-refractivity contribution is 0.0953. The normalized spacial score (nSPS) is 10.9. The molecule has 0 saturated carbocycles. The summed E-state index contributed by atoms with van der Waals surface area (Å²) in [5.41, 5.74) is 4.09. The highest BCUT2D eigenvalue weighted by Crippen LogP contribution is 2.18. The number of rotatable bonds is 8. The predicted octanol–water partition coefficient (Wildman–Crippen LogP) is 4.04. The number of benzene rings is 2. The number of aryl methyl sites for hydroxylation is 3. The summed E-state index contributed by atoms with van der Waals surface area (Å²) in [6, 6.07) is 22.3. The van der Waals surface area contributed by atoms with E-state index in [0.717, 1.165) is 42.7 Å². The van der Waals surface area contributed by atoms with Crippen LogP contribution in [0.4, 0.5) is 0 Å². The van der Waals surface area contributed by atoms with Crippen molar-refractivity contribution in [3.63, 3.8) is 0 Å². The highest BCUT2D eigenvalue weighted by molar-refractivity contribution is 5.93. The van der Waals surface area contributed by atoms with Gasteiger partial charge in [0.2, 0.25) is 0 Å². The topological polar surface area (TPSA) is 59.8 Å². The molecule has 0 radical (unpaired) electrons. The number of nitrogens with zero attached hydrogens (tertiary/aromatic N) is 3. The minimum Gasteiger partial charge on any atom is -0.352 e. The zero-order valence-corrected chi connectivity index (χ0v) is 16.3. The average molecular weight is 384 g/mol. The van der Waals surface area contributed by atoms with E-state index >= 15 is 0 Å². The molecule has 4 aromatic rings. The van der Waals surface area contributed by atoms with Crippen molar-refractivity contribution in [2.45, 2.75) is 25.8 Å². The van der Waals surface area contributed by atoms with Crippen molar-refractivity contribution in [3.8, 4) is 0 Å². The molecule has 2 aromatic carbocycles. The fourth-order valence-corrected chi connectivity index (χ4v) is 3.50. The summed E-state index contributed by atoms with van der Waals surface area (Å²) in [4.78, 5) is 21.0. The highest BCUT2D eigenvalue weighted by Gasteiger charge is 2.11.